The number of rotatable bonds is 3. The molecule has 116 valence electrons. The molecule has 0 saturated heterocycles. The third-order valence-electron chi connectivity index (χ3n) is 3.47. The summed E-state index contributed by atoms with van der Waals surface area (Å²) in [6.45, 7) is 8.38. The standard InChI is InChI=1S/C17H20N2OS2/c1-10(2)22-17-18-14-5-6-21-15(14)16(20)19(17)13-8-11(3)7-12(4)9-13/h7-10H,5-6H2,1-4H3. The molecule has 0 saturated carbocycles. The fourth-order valence-corrected chi connectivity index (χ4v) is 4.60. The van der Waals surface area contributed by atoms with E-state index >= 15 is 0 Å². The minimum atomic E-state index is 0.0839. The number of aromatic nitrogens is 2. The Morgan fingerprint density at radius 2 is 1.91 bits per heavy atom. The number of hydrogen-bond donors (Lipinski definition) is 0. The zero-order valence-corrected chi connectivity index (χ0v) is 15.0. The van der Waals surface area contributed by atoms with Crippen molar-refractivity contribution in [3.63, 3.8) is 0 Å². The molecular formula is C17H20N2OS2. The summed E-state index contributed by atoms with van der Waals surface area (Å²) in [7, 11) is 0. The molecule has 1 aliphatic rings. The lowest BCUT2D eigenvalue weighted by Crippen LogP contribution is -2.24. The van der Waals surface area contributed by atoms with Gasteiger partial charge in [-0.15, -0.1) is 11.8 Å². The third kappa shape index (κ3) is 2.97. The maximum atomic E-state index is 13.0. The highest BCUT2D eigenvalue weighted by Crippen LogP contribution is 2.31. The second kappa shape index (κ2) is 6.13. The van der Waals surface area contributed by atoms with Gasteiger partial charge in [0.2, 0.25) is 0 Å². The molecule has 0 bridgehead atoms. The van der Waals surface area contributed by atoms with Crippen molar-refractivity contribution in [3.05, 3.63) is 45.4 Å². The lowest BCUT2D eigenvalue weighted by molar-refractivity contribution is 0.736. The lowest BCUT2D eigenvalue weighted by Gasteiger charge is -2.16. The van der Waals surface area contributed by atoms with Crippen LogP contribution in [0.25, 0.3) is 5.69 Å². The zero-order valence-electron chi connectivity index (χ0n) is 13.3. The van der Waals surface area contributed by atoms with E-state index in [0.717, 1.165) is 44.7 Å². The molecule has 0 aliphatic carbocycles. The van der Waals surface area contributed by atoms with E-state index in [-0.39, 0.29) is 5.56 Å². The minimum absolute atomic E-state index is 0.0839. The summed E-state index contributed by atoms with van der Waals surface area (Å²) in [5.41, 5.74) is 4.30. The van der Waals surface area contributed by atoms with Gasteiger partial charge in [-0.25, -0.2) is 4.98 Å². The first kappa shape index (κ1) is 15.7. The van der Waals surface area contributed by atoms with E-state index in [0.29, 0.717) is 5.25 Å². The van der Waals surface area contributed by atoms with E-state index in [9.17, 15) is 4.79 Å². The largest absolute Gasteiger partial charge is 0.272 e. The number of thioether (sulfide) groups is 2. The van der Waals surface area contributed by atoms with Gasteiger partial charge in [0.05, 0.1) is 16.3 Å². The minimum Gasteiger partial charge on any atom is -0.268 e. The van der Waals surface area contributed by atoms with Crippen LogP contribution in [0.5, 0.6) is 0 Å². The van der Waals surface area contributed by atoms with Crippen LogP contribution >= 0.6 is 23.5 Å². The van der Waals surface area contributed by atoms with Gasteiger partial charge in [-0.1, -0.05) is 31.7 Å². The predicted molar refractivity (Wildman–Crippen MR) is 94.7 cm³/mol. The van der Waals surface area contributed by atoms with Crippen LogP contribution in [0.1, 0.15) is 30.7 Å². The first-order valence-electron chi connectivity index (χ1n) is 7.50. The summed E-state index contributed by atoms with van der Waals surface area (Å²) < 4.78 is 1.79. The molecule has 2 heterocycles. The van der Waals surface area contributed by atoms with Crippen molar-refractivity contribution in [2.24, 2.45) is 0 Å². The molecule has 0 unspecified atom stereocenters. The number of aryl methyl sites for hydroxylation is 3. The maximum Gasteiger partial charge on any atom is 0.272 e. The summed E-state index contributed by atoms with van der Waals surface area (Å²) >= 11 is 3.29. The normalized spacial score (nSPS) is 13.7. The third-order valence-corrected chi connectivity index (χ3v) is 5.54. The van der Waals surface area contributed by atoms with Gasteiger partial charge < -0.3 is 0 Å². The Morgan fingerprint density at radius 3 is 2.55 bits per heavy atom. The van der Waals surface area contributed by atoms with Crippen LogP contribution in [-0.4, -0.2) is 20.6 Å². The van der Waals surface area contributed by atoms with Gasteiger partial charge in [-0.3, -0.25) is 9.36 Å². The SMILES string of the molecule is Cc1cc(C)cc(-n2c(SC(C)C)nc3c(c2=O)SCC3)c1. The van der Waals surface area contributed by atoms with E-state index in [1.165, 1.54) is 0 Å². The van der Waals surface area contributed by atoms with Crippen molar-refractivity contribution in [3.8, 4) is 5.69 Å². The molecule has 1 aromatic heterocycles. The first-order valence-corrected chi connectivity index (χ1v) is 9.36. The summed E-state index contributed by atoms with van der Waals surface area (Å²) in [6, 6.07) is 6.25. The van der Waals surface area contributed by atoms with Gasteiger partial charge in [-0.05, 0) is 37.1 Å². The van der Waals surface area contributed by atoms with Gasteiger partial charge in [0.1, 0.15) is 0 Å². The summed E-state index contributed by atoms with van der Waals surface area (Å²) in [4.78, 5) is 18.6. The Hall–Kier alpha value is -1.20. The molecule has 1 aromatic carbocycles. The van der Waals surface area contributed by atoms with Gasteiger partial charge in [0.15, 0.2) is 5.16 Å². The fraction of sp³-hybridized carbons (Fsp3) is 0.412. The number of benzene rings is 1. The van der Waals surface area contributed by atoms with Crippen molar-refractivity contribution in [2.45, 2.75) is 49.4 Å². The van der Waals surface area contributed by atoms with Crippen molar-refractivity contribution in [1.82, 2.24) is 9.55 Å². The van der Waals surface area contributed by atoms with Gasteiger partial charge in [-0.2, -0.15) is 0 Å². The quantitative estimate of drug-likeness (QED) is 0.629. The van der Waals surface area contributed by atoms with Crippen LogP contribution in [-0.2, 0) is 6.42 Å². The zero-order chi connectivity index (χ0) is 15.9. The molecule has 2 aromatic rings. The fourth-order valence-electron chi connectivity index (χ4n) is 2.69. The molecule has 0 amide bonds. The Kier molecular flexibility index (Phi) is 4.37. The molecule has 0 atom stereocenters. The molecule has 0 N–H and O–H groups in total. The second-order valence-electron chi connectivity index (χ2n) is 5.92. The maximum absolute atomic E-state index is 13.0. The molecule has 22 heavy (non-hydrogen) atoms. The molecule has 3 nitrogen and oxygen atoms in total. The summed E-state index contributed by atoms with van der Waals surface area (Å²) in [5.74, 6) is 0.959. The van der Waals surface area contributed by atoms with E-state index in [1.54, 1.807) is 28.1 Å². The number of fused-ring (bicyclic) bond motifs is 1. The van der Waals surface area contributed by atoms with E-state index < -0.39 is 0 Å². The van der Waals surface area contributed by atoms with E-state index in [2.05, 4.69) is 45.9 Å². The topological polar surface area (TPSA) is 34.9 Å². The van der Waals surface area contributed by atoms with Crippen LogP contribution in [0, 0.1) is 13.8 Å². The highest BCUT2D eigenvalue weighted by molar-refractivity contribution is 8.00. The Bertz CT molecular complexity index is 761. The Balaban J connectivity index is 2.26. The highest BCUT2D eigenvalue weighted by atomic mass is 32.2. The van der Waals surface area contributed by atoms with Crippen molar-refractivity contribution in [2.75, 3.05) is 5.75 Å². The van der Waals surface area contributed by atoms with Crippen molar-refractivity contribution >= 4 is 23.5 Å². The van der Waals surface area contributed by atoms with Gasteiger partial charge in [0, 0.05) is 17.4 Å². The number of hydrogen-bond acceptors (Lipinski definition) is 4. The van der Waals surface area contributed by atoms with E-state index in [1.807, 2.05) is 0 Å². The van der Waals surface area contributed by atoms with Crippen molar-refractivity contribution < 1.29 is 0 Å². The Labute approximate surface area is 139 Å². The number of nitrogens with zero attached hydrogens (tertiary/aromatic N) is 2. The molecule has 0 radical (unpaired) electrons. The van der Waals surface area contributed by atoms with Gasteiger partial charge >= 0.3 is 0 Å². The highest BCUT2D eigenvalue weighted by Gasteiger charge is 2.23. The predicted octanol–water partition coefficient (Wildman–Crippen LogP) is 4.00. The van der Waals surface area contributed by atoms with Gasteiger partial charge in [0.25, 0.3) is 5.56 Å². The molecule has 0 spiro atoms. The van der Waals surface area contributed by atoms with E-state index in [4.69, 9.17) is 4.98 Å². The molecular weight excluding hydrogens is 312 g/mol. The van der Waals surface area contributed by atoms with Crippen molar-refractivity contribution in [1.29, 1.82) is 0 Å². The first-order chi connectivity index (χ1) is 10.5. The molecule has 1 aliphatic heterocycles. The second-order valence-corrected chi connectivity index (χ2v) is 8.57. The van der Waals surface area contributed by atoms with Crippen LogP contribution in [0.3, 0.4) is 0 Å². The summed E-state index contributed by atoms with van der Waals surface area (Å²) in [5, 5.41) is 1.20. The average molecular weight is 332 g/mol. The van der Waals surface area contributed by atoms with Crippen LogP contribution < -0.4 is 5.56 Å². The summed E-state index contributed by atoms with van der Waals surface area (Å²) in [6.07, 6.45) is 0.897. The van der Waals surface area contributed by atoms with Crippen LogP contribution in [0.15, 0.2) is 33.0 Å². The lowest BCUT2D eigenvalue weighted by atomic mass is 10.1. The smallest absolute Gasteiger partial charge is 0.268 e. The molecule has 3 rings (SSSR count). The van der Waals surface area contributed by atoms with Crippen LogP contribution in [0.2, 0.25) is 0 Å². The van der Waals surface area contributed by atoms with Crippen LogP contribution in [0.4, 0.5) is 0 Å². The molecule has 5 heteroatoms. The average Bonchev–Trinajstić information content (AvgIpc) is 2.85. The monoisotopic (exact) mass is 332 g/mol. The molecule has 0 fully saturated rings. The Morgan fingerprint density at radius 1 is 1.23 bits per heavy atom.